The minimum absolute atomic E-state index is 0.0209. The fourth-order valence-electron chi connectivity index (χ4n) is 3.12. The first-order valence-corrected chi connectivity index (χ1v) is 10.3. The van der Waals surface area contributed by atoms with Crippen LogP contribution in [0.1, 0.15) is 42.2 Å². The van der Waals surface area contributed by atoms with E-state index in [0.29, 0.717) is 18.9 Å². The van der Waals surface area contributed by atoms with Crippen molar-refractivity contribution < 1.29 is 14.3 Å². The lowest BCUT2D eigenvalue weighted by Crippen LogP contribution is -2.28. The monoisotopic (exact) mass is 388 g/mol. The summed E-state index contributed by atoms with van der Waals surface area (Å²) in [6, 6.07) is 10.0. The maximum Gasteiger partial charge on any atom is 0.221 e. The van der Waals surface area contributed by atoms with E-state index in [-0.39, 0.29) is 11.9 Å². The number of carbonyl (C=O) groups excluding carboxylic acids is 1. The van der Waals surface area contributed by atoms with Gasteiger partial charge in [0, 0.05) is 36.5 Å². The van der Waals surface area contributed by atoms with Crippen LogP contribution in [-0.2, 0) is 11.3 Å². The maximum atomic E-state index is 11.9. The van der Waals surface area contributed by atoms with Crippen LogP contribution in [0.25, 0.3) is 0 Å². The molecule has 146 valence electrons. The number of amides is 1. The van der Waals surface area contributed by atoms with E-state index < -0.39 is 0 Å². The molecule has 2 N–H and O–H groups in total. The summed E-state index contributed by atoms with van der Waals surface area (Å²) < 4.78 is 11.5. The van der Waals surface area contributed by atoms with Crippen LogP contribution < -0.4 is 20.1 Å². The van der Waals surface area contributed by atoms with E-state index >= 15 is 0 Å². The molecule has 0 bridgehead atoms. The summed E-state index contributed by atoms with van der Waals surface area (Å²) in [5.74, 6) is 2.38. The van der Waals surface area contributed by atoms with Crippen LogP contribution in [-0.4, -0.2) is 26.7 Å². The molecule has 1 unspecified atom stereocenters. The molecule has 27 heavy (non-hydrogen) atoms. The predicted molar refractivity (Wildman–Crippen MR) is 108 cm³/mol. The van der Waals surface area contributed by atoms with Crippen molar-refractivity contribution in [3.8, 4) is 11.5 Å². The standard InChI is InChI=1S/C21H28N2O3S/c1-22-21(24)12-18(20-7-4-10-27-20)23-13-16-8-9-17(11-19(16)25-2)26-14-15-5-3-6-15/h4,7-11,15,18,23H,3,5-6,12-14H2,1-2H3,(H,22,24). The van der Waals surface area contributed by atoms with Gasteiger partial charge in [-0.1, -0.05) is 18.6 Å². The van der Waals surface area contributed by atoms with Gasteiger partial charge in [0.1, 0.15) is 11.5 Å². The molecule has 0 radical (unpaired) electrons. The molecule has 1 aromatic heterocycles. The van der Waals surface area contributed by atoms with Gasteiger partial charge in [0.25, 0.3) is 0 Å². The number of ether oxygens (including phenoxy) is 2. The van der Waals surface area contributed by atoms with Crippen molar-refractivity contribution in [2.45, 2.75) is 38.3 Å². The van der Waals surface area contributed by atoms with Gasteiger partial charge in [0.2, 0.25) is 5.91 Å². The van der Waals surface area contributed by atoms with Crippen LogP contribution in [0.4, 0.5) is 0 Å². The van der Waals surface area contributed by atoms with E-state index in [1.807, 2.05) is 29.6 Å². The molecular weight excluding hydrogens is 360 g/mol. The molecule has 6 heteroatoms. The number of benzene rings is 1. The topological polar surface area (TPSA) is 59.6 Å². The van der Waals surface area contributed by atoms with Crippen molar-refractivity contribution >= 4 is 17.2 Å². The Morgan fingerprint density at radius 3 is 2.81 bits per heavy atom. The van der Waals surface area contributed by atoms with E-state index in [9.17, 15) is 4.79 Å². The number of rotatable bonds is 10. The van der Waals surface area contributed by atoms with Gasteiger partial charge in [-0.05, 0) is 36.3 Å². The van der Waals surface area contributed by atoms with Crippen molar-refractivity contribution in [3.63, 3.8) is 0 Å². The molecule has 5 nitrogen and oxygen atoms in total. The normalized spacial score (nSPS) is 15.0. The second kappa shape index (κ2) is 9.76. The molecular formula is C21H28N2O3S. The molecule has 0 spiro atoms. The highest BCUT2D eigenvalue weighted by Crippen LogP contribution is 2.30. The number of carbonyl (C=O) groups is 1. The molecule has 2 aromatic rings. The number of thiophene rings is 1. The third-order valence-electron chi connectivity index (χ3n) is 5.06. The number of hydrogen-bond donors (Lipinski definition) is 2. The van der Waals surface area contributed by atoms with Gasteiger partial charge in [-0.2, -0.15) is 0 Å². The maximum absolute atomic E-state index is 11.9. The molecule has 1 amide bonds. The summed E-state index contributed by atoms with van der Waals surface area (Å²) in [4.78, 5) is 13.0. The molecule has 1 aliphatic carbocycles. The molecule has 1 aliphatic rings. The molecule has 3 rings (SSSR count). The van der Waals surface area contributed by atoms with Crippen molar-refractivity contribution in [1.82, 2.24) is 10.6 Å². The van der Waals surface area contributed by atoms with E-state index in [1.54, 1.807) is 25.5 Å². The van der Waals surface area contributed by atoms with Gasteiger partial charge in [-0.15, -0.1) is 11.3 Å². The predicted octanol–water partition coefficient (Wildman–Crippen LogP) is 3.90. The summed E-state index contributed by atoms with van der Waals surface area (Å²) in [5, 5.41) is 8.23. The molecule has 0 aliphatic heterocycles. The Labute approximate surface area is 165 Å². The second-order valence-electron chi connectivity index (χ2n) is 6.91. The van der Waals surface area contributed by atoms with E-state index in [1.165, 1.54) is 19.3 Å². The van der Waals surface area contributed by atoms with Crippen molar-refractivity contribution in [3.05, 3.63) is 46.2 Å². The Hall–Kier alpha value is -2.05. The lowest BCUT2D eigenvalue weighted by molar-refractivity contribution is -0.121. The first-order chi connectivity index (χ1) is 13.2. The van der Waals surface area contributed by atoms with Gasteiger partial charge in [0.05, 0.1) is 19.8 Å². The Morgan fingerprint density at radius 2 is 2.19 bits per heavy atom. The zero-order valence-corrected chi connectivity index (χ0v) is 16.8. The van der Waals surface area contributed by atoms with Gasteiger partial charge < -0.3 is 20.1 Å². The van der Waals surface area contributed by atoms with Crippen molar-refractivity contribution in [1.29, 1.82) is 0 Å². The quantitative estimate of drug-likeness (QED) is 0.648. The van der Waals surface area contributed by atoms with Crippen molar-refractivity contribution in [2.75, 3.05) is 20.8 Å². The molecule has 1 saturated carbocycles. The molecule has 1 aromatic carbocycles. The van der Waals surface area contributed by atoms with E-state index in [4.69, 9.17) is 9.47 Å². The van der Waals surface area contributed by atoms with Crippen LogP contribution in [0.15, 0.2) is 35.7 Å². The van der Waals surface area contributed by atoms with E-state index in [2.05, 4.69) is 16.7 Å². The minimum atomic E-state index is -0.0239. The molecule has 1 heterocycles. The largest absolute Gasteiger partial charge is 0.496 e. The molecule has 0 saturated heterocycles. The minimum Gasteiger partial charge on any atom is -0.496 e. The zero-order valence-electron chi connectivity index (χ0n) is 16.0. The van der Waals surface area contributed by atoms with Gasteiger partial charge in [0.15, 0.2) is 0 Å². The Balaban J connectivity index is 1.62. The van der Waals surface area contributed by atoms with Crippen LogP contribution >= 0.6 is 11.3 Å². The molecule has 1 atom stereocenters. The number of nitrogens with one attached hydrogen (secondary N) is 2. The fourth-order valence-corrected chi connectivity index (χ4v) is 3.92. The Kier molecular flexibility index (Phi) is 7.12. The van der Waals surface area contributed by atoms with Gasteiger partial charge in [-0.25, -0.2) is 0 Å². The van der Waals surface area contributed by atoms with Crippen molar-refractivity contribution in [2.24, 2.45) is 5.92 Å². The van der Waals surface area contributed by atoms with Crippen LogP contribution in [0.2, 0.25) is 0 Å². The third-order valence-corrected chi connectivity index (χ3v) is 6.05. The fraction of sp³-hybridized carbons (Fsp3) is 0.476. The van der Waals surface area contributed by atoms with Crippen LogP contribution in [0, 0.1) is 5.92 Å². The highest BCUT2D eigenvalue weighted by molar-refractivity contribution is 7.10. The highest BCUT2D eigenvalue weighted by Gasteiger charge is 2.19. The first-order valence-electron chi connectivity index (χ1n) is 9.46. The Morgan fingerprint density at radius 1 is 1.33 bits per heavy atom. The summed E-state index contributed by atoms with van der Waals surface area (Å²) in [5.41, 5.74) is 1.05. The Bertz CT molecular complexity index is 729. The smallest absolute Gasteiger partial charge is 0.221 e. The van der Waals surface area contributed by atoms with E-state index in [0.717, 1.165) is 28.5 Å². The number of methoxy groups -OCH3 is 1. The van der Waals surface area contributed by atoms with Crippen LogP contribution in [0.3, 0.4) is 0 Å². The third kappa shape index (κ3) is 5.47. The van der Waals surface area contributed by atoms with Gasteiger partial charge in [-0.3, -0.25) is 4.79 Å². The summed E-state index contributed by atoms with van der Waals surface area (Å²) in [6.45, 7) is 1.40. The van der Waals surface area contributed by atoms with Crippen LogP contribution in [0.5, 0.6) is 11.5 Å². The molecule has 1 fully saturated rings. The first kappa shape index (κ1) is 19.7. The highest BCUT2D eigenvalue weighted by atomic mass is 32.1. The summed E-state index contributed by atoms with van der Waals surface area (Å²) >= 11 is 1.65. The number of hydrogen-bond acceptors (Lipinski definition) is 5. The average Bonchev–Trinajstić information content (AvgIpc) is 3.18. The second-order valence-corrected chi connectivity index (χ2v) is 7.89. The lowest BCUT2D eigenvalue weighted by atomic mass is 9.86. The average molecular weight is 389 g/mol. The lowest BCUT2D eigenvalue weighted by Gasteiger charge is -2.25. The zero-order chi connectivity index (χ0) is 19.1. The summed E-state index contributed by atoms with van der Waals surface area (Å²) in [6.07, 6.45) is 4.27. The summed E-state index contributed by atoms with van der Waals surface area (Å²) in [7, 11) is 3.34. The van der Waals surface area contributed by atoms with Gasteiger partial charge >= 0.3 is 0 Å². The SMILES string of the molecule is CNC(=O)CC(NCc1ccc(OCC2CCC2)cc1OC)c1cccs1.